The largest absolute Gasteiger partial charge is 0.490 e. The van der Waals surface area contributed by atoms with Crippen LogP contribution in [-0.4, -0.2) is 239 Å². The highest BCUT2D eigenvalue weighted by atomic mass is 127. The minimum absolute atomic E-state index is 0. The molecule has 0 radical (unpaired) electrons. The summed E-state index contributed by atoms with van der Waals surface area (Å²) < 4.78 is 69.6. The normalized spacial score (nSPS) is 15.2. The number of methoxy groups -OCH3 is 8. The highest BCUT2D eigenvalue weighted by Crippen LogP contribution is 2.42. The lowest BCUT2D eigenvalue weighted by Gasteiger charge is -2.32. The number of carbonyl (C=O) groups excluding carboxylic acids is 10. The Morgan fingerprint density at radius 3 is 1.27 bits per heavy atom. The number of halogens is 1. The molecule has 10 aromatic rings. The van der Waals surface area contributed by atoms with Crippen molar-refractivity contribution in [1.82, 2.24) is 78.7 Å². The van der Waals surface area contributed by atoms with Gasteiger partial charge in [-0.15, -0.1) is 9.78 Å². The summed E-state index contributed by atoms with van der Waals surface area (Å²) >= 11 is 2.09. The SMILES string of the molecule is C.C.CC1(C)OB(C2=CCC(C(=O)OCc3ccccc3)CC2)OC1(C)C.COC(=O)c1cc(C2=CCC(C(=O)OCc3ccccc3)CC2)n(C)n1.COC(=O)c1cc(C2CCC(C(=O)O)CC2)n(C)n1.COC(=O)c1cc(I)n(C)n1.COC(=O)c1cc(N)n(C)n1.COC(=O)c1cc(N)nn1C.COC(=O)c1cc([N+](=O)[O-])[nH]n1.COC(=O)c1cc([N+](=O)[O-])n(C)n1.COC(=O)c1cc([N+](=O)[O-])nn1C. The number of aromatic nitrogens is 16. The van der Waals surface area contributed by atoms with Crippen LogP contribution in [0.3, 0.4) is 0 Å². The molecule has 14 rings (SSSR count). The number of esters is 10. The lowest BCUT2D eigenvalue weighted by atomic mass is 9.70. The molecule has 4 aliphatic rings. The van der Waals surface area contributed by atoms with Gasteiger partial charge in [-0.25, -0.2) is 38.4 Å². The molecular formula is C90H119BIN21O30. The molecule has 143 heavy (non-hydrogen) atoms. The molecule has 0 spiro atoms. The molecule has 0 bridgehead atoms. The summed E-state index contributed by atoms with van der Waals surface area (Å²) in [6.45, 7) is 8.86. The van der Waals surface area contributed by atoms with Gasteiger partial charge in [-0.2, -0.15) is 30.2 Å². The van der Waals surface area contributed by atoms with E-state index in [4.69, 9.17) is 40.1 Å². The number of aryl methyl sites for hydroxylation is 7. The third-order valence-corrected chi connectivity index (χ3v) is 22.8. The Morgan fingerprint density at radius 2 is 0.881 bits per heavy atom. The molecule has 2 unspecified atom stereocenters. The first-order valence-electron chi connectivity index (χ1n) is 42.6. The van der Waals surface area contributed by atoms with Crippen LogP contribution in [0.1, 0.15) is 219 Å². The van der Waals surface area contributed by atoms with Gasteiger partial charge in [-0.05, 0) is 164 Å². The van der Waals surface area contributed by atoms with Crippen molar-refractivity contribution in [3.8, 4) is 0 Å². The number of carboxylic acid groups (broad SMARTS) is 1. The molecule has 51 nitrogen and oxygen atoms in total. The summed E-state index contributed by atoms with van der Waals surface area (Å²) in [5, 5.41) is 72.0. The number of H-pyrrole nitrogens is 1. The van der Waals surface area contributed by atoms with Gasteiger partial charge >= 0.3 is 90.2 Å². The Labute approximate surface area is 835 Å². The molecule has 8 aromatic heterocycles. The van der Waals surface area contributed by atoms with E-state index in [2.05, 4.69) is 135 Å². The fourth-order valence-corrected chi connectivity index (χ4v) is 13.7. The van der Waals surface area contributed by atoms with E-state index < -0.39 is 68.5 Å². The fraction of sp³-hybridized carbons (Fsp3) is 0.433. The number of ether oxygens (including phenoxy) is 10. The summed E-state index contributed by atoms with van der Waals surface area (Å²) in [6, 6.07) is 30.6. The number of carboxylic acids is 1. The van der Waals surface area contributed by atoms with Crippen LogP contribution < -0.4 is 11.5 Å². The molecule has 2 fully saturated rings. The zero-order valence-electron chi connectivity index (χ0n) is 80.8. The second-order valence-electron chi connectivity index (χ2n) is 31.7. The number of nitrogens with zero attached hydrogens (tertiary/aromatic N) is 18. The predicted octanol–water partition coefficient (Wildman–Crippen LogP) is 10.8. The smallest absolute Gasteiger partial charge is 0.481 e. The number of allylic oxidation sites excluding steroid dienone is 4. The maximum absolute atomic E-state index is 12.3. The molecule has 1 aliphatic heterocycles. The van der Waals surface area contributed by atoms with Crippen molar-refractivity contribution < 1.29 is 129 Å². The maximum atomic E-state index is 12.3. The number of benzene rings is 2. The van der Waals surface area contributed by atoms with Gasteiger partial charge in [0.05, 0.1) is 126 Å². The first-order valence-corrected chi connectivity index (χ1v) is 43.7. The highest BCUT2D eigenvalue weighted by molar-refractivity contribution is 14.1. The Kier molecular flexibility index (Phi) is 47.3. The quantitative estimate of drug-likeness (QED) is 0.0130. The Balaban J connectivity index is 0.000000342. The van der Waals surface area contributed by atoms with Crippen molar-refractivity contribution in [3.63, 3.8) is 0 Å². The number of hydrogen-bond donors (Lipinski definition) is 4. The average molecular weight is 2110 g/mol. The van der Waals surface area contributed by atoms with E-state index >= 15 is 0 Å². The minimum Gasteiger partial charge on any atom is -0.481 e. The summed E-state index contributed by atoms with van der Waals surface area (Å²) in [7, 11) is 21.3. The van der Waals surface area contributed by atoms with Crippen molar-refractivity contribution in [2.45, 2.75) is 137 Å². The van der Waals surface area contributed by atoms with Crippen LogP contribution in [0.15, 0.2) is 127 Å². The summed E-state index contributed by atoms with van der Waals surface area (Å²) in [4.78, 5) is 152. The predicted molar refractivity (Wildman–Crippen MR) is 518 cm³/mol. The van der Waals surface area contributed by atoms with Crippen molar-refractivity contribution in [2.24, 2.45) is 67.1 Å². The molecule has 1 saturated carbocycles. The number of anilines is 2. The van der Waals surface area contributed by atoms with Gasteiger partial charge in [0.1, 0.15) is 37.6 Å². The molecule has 1 saturated heterocycles. The first-order chi connectivity index (χ1) is 66.6. The number of aromatic amines is 1. The standard InChI is InChI=1S/C20H27BO4.C20H22N2O4.C13H18N2O4.C6H7IN2O2.2C6H7N3O4.2C6H9N3O2.C5H5N3O4.2CH4/c1-19(2)20(3,4)25-21(24-19)17-12-10-16(11-13-17)18(22)23-14-15-8-6-5-7-9-15;1-22-18(12-17(21-22)20(24)25-2)15-8-10-16(11-9-15)19(23)26-13-14-6-4-3-5-7-14;1-15-11(7-10(14-15)13(18)19-2)8-3-5-9(6-4-8)12(16)17;1-9-5(7)3-4(8-9)6(10)11-2;1-8-4(6(10)13-2)3-5(7-8)9(11)12;1-8-5(9(11)12)3-4(7-8)6(10)13-2;1-9-4(6(10)11-2)3-5(7)8-9;1-9-5(7)3-4(8-9)6(10)11-2;1-12-5(9)3-2-4(7-6-3)8(10)11;;/h5-9,12,16H,10-11,13-14H2,1-4H3;3-8,12,16H,9-11,13H2,1-2H3;7-9H,3-6H2,1-2H3,(H,16,17);3H,1-2H3;2*3H,1-2H3;3H,1-2H3,(H2,7,8);3H,7H2,1-2H3;2H,1H3,(H,6,7);2*1H4. The first kappa shape index (κ1) is 120. The molecule has 6 N–H and O–H groups in total. The van der Waals surface area contributed by atoms with E-state index in [-0.39, 0.29) is 115 Å². The number of rotatable bonds is 21. The van der Waals surface area contributed by atoms with Gasteiger partial charge < -0.3 is 104 Å². The zero-order chi connectivity index (χ0) is 105. The van der Waals surface area contributed by atoms with E-state index in [1.54, 1.807) is 67.5 Å². The lowest BCUT2D eigenvalue weighted by Crippen LogP contribution is -2.41. The van der Waals surface area contributed by atoms with Crippen LogP contribution in [-0.2, 0) is 134 Å². The molecule has 9 heterocycles. The highest BCUT2D eigenvalue weighted by Gasteiger charge is 2.53. The number of carbonyl (C=O) groups is 11. The number of aliphatic carboxylic acids is 1. The van der Waals surface area contributed by atoms with E-state index in [0.29, 0.717) is 67.6 Å². The van der Waals surface area contributed by atoms with Gasteiger partial charge in [0.25, 0.3) is 0 Å². The third kappa shape index (κ3) is 34.9. The number of nitrogens with one attached hydrogen (secondary N) is 1. The van der Waals surface area contributed by atoms with Gasteiger partial charge in [0.2, 0.25) is 0 Å². The van der Waals surface area contributed by atoms with Crippen molar-refractivity contribution >= 4 is 130 Å². The van der Waals surface area contributed by atoms with Crippen LogP contribution in [0.2, 0.25) is 0 Å². The fourth-order valence-electron chi connectivity index (χ4n) is 13.3. The summed E-state index contributed by atoms with van der Waals surface area (Å²) in [5.74, 6) is -5.62. The number of nitrogen functional groups attached to an aromatic ring is 2. The maximum Gasteiger partial charge on any atom is 0.490 e. The molecule has 53 heteroatoms. The van der Waals surface area contributed by atoms with E-state index in [0.717, 1.165) is 103 Å². The number of hydrogen-bond acceptors (Lipinski definition) is 39. The second kappa shape index (κ2) is 56.5. The third-order valence-electron chi connectivity index (χ3n) is 21.8. The average Bonchev–Trinajstić information content (AvgIpc) is 1.62. The zero-order valence-corrected chi connectivity index (χ0v) is 82.9. The second-order valence-corrected chi connectivity index (χ2v) is 32.8. The van der Waals surface area contributed by atoms with Crippen molar-refractivity contribution in [2.75, 3.05) is 68.3 Å². The van der Waals surface area contributed by atoms with E-state index in [9.17, 15) is 83.1 Å². The van der Waals surface area contributed by atoms with Gasteiger partial charge in [0.15, 0.2) is 39.9 Å². The van der Waals surface area contributed by atoms with Crippen LogP contribution >= 0.6 is 22.6 Å². The summed E-state index contributed by atoms with van der Waals surface area (Å²) in [6.07, 6.45) is 11.5. The molecule has 2 aromatic carbocycles. The van der Waals surface area contributed by atoms with E-state index in [1.807, 2.05) is 66.7 Å². The number of nitro groups is 3. The van der Waals surface area contributed by atoms with Gasteiger partial charge in [-0.1, -0.05) is 97.9 Å². The van der Waals surface area contributed by atoms with Crippen molar-refractivity contribution in [3.05, 3.63) is 229 Å². The molecular weight excluding hydrogens is 1990 g/mol. The van der Waals surface area contributed by atoms with E-state index in [1.165, 1.54) is 92.5 Å². The Hall–Kier alpha value is -15.7. The molecule has 2 atom stereocenters. The molecule has 3 aliphatic carbocycles. The van der Waals surface area contributed by atoms with Crippen LogP contribution in [0.4, 0.5) is 29.1 Å². The van der Waals surface area contributed by atoms with Crippen LogP contribution in [0.25, 0.3) is 5.57 Å². The monoisotopic (exact) mass is 2110 g/mol. The Morgan fingerprint density at radius 1 is 0.462 bits per heavy atom. The minimum atomic E-state index is -0.710. The van der Waals surface area contributed by atoms with Gasteiger partial charge in [-0.3, -0.25) is 37.8 Å². The van der Waals surface area contributed by atoms with Gasteiger partial charge in [0, 0.05) is 65.0 Å². The van der Waals surface area contributed by atoms with Crippen molar-refractivity contribution in [1.29, 1.82) is 0 Å². The molecule has 774 valence electrons. The van der Waals surface area contributed by atoms with Crippen LogP contribution in [0.5, 0.6) is 0 Å². The summed E-state index contributed by atoms with van der Waals surface area (Å²) in [5.41, 5.74) is 17.6. The molecule has 0 amide bonds. The van der Waals surface area contributed by atoms with Crippen LogP contribution in [0, 0.1) is 51.8 Å². The topological polar surface area (TPSA) is 654 Å². The Bertz CT molecular complexity index is 5990. The lowest BCUT2D eigenvalue weighted by molar-refractivity contribution is -0.392. The number of nitrogens with two attached hydrogens (primary N) is 2.